The van der Waals surface area contributed by atoms with Gasteiger partial charge >= 0.3 is 0 Å². The van der Waals surface area contributed by atoms with Gasteiger partial charge in [0.2, 0.25) is 0 Å². The molecule has 0 spiro atoms. The summed E-state index contributed by atoms with van der Waals surface area (Å²) in [6, 6.07) is 13.0. The highest BCUT2D eigenvalue weighted by molar-refractivity contribution is 5.97. The summed E-state index contributed by atoms with van der Waals surface area (Å²) in [6.45, 7) is 6.18. The second-order valence-corrected chi connectivity index (χ2v) is 5.53. The molecule has 0 aliphatic rings. The molecular weight excluding hydrogens is 330 g/mol. The number of nitrogens with zero attached hydrogens (tertiary/aromatic N) is 2. The van der Waals surface area contributed by atoms with Crippen LogP contribution < -0.4 is 19.8 Å². The van der Waals surface area contributed by atoms with Gasteiger partial charge in [0.05, 0.1) is 26.0 Å². The van der Waals surface area contributed by atoms with Gasteiger partial charge in [-0.15, -0.1) is 0 Å². The van der Waals surface area contributed by atoms with Crippen LogP contribution in [0.2, 0.25) is 0 Å². The fourth-order valence-electron chi connectivity index (χ4n) is 2.57. The first kappa shape index (κ1) is 19.3. The van der Waals surface area contributed by atoms with E-state index in [1.807, 2.05) is 24.3 Å². The van der Waals surface area contributed by atoms with Crippen LogP contribution in [0.4, 0.5) is 5.69 Å². The number of anilines is 1. The molecule has 2 aromatic carbocycles. The van der Waals surface area contributed by atoms with Gasteiger partial charge in [0.15, 0.2) is 0 Å². The van der Waals surface area contributed by atoms with E-state index in [0.717, 1.165) is 18.7 Å². The SMILES string of the molecule is CCN(CC)c1ccc(/C=N\NC(=O)c2ccc(OC)cc2OC)cc1. The van der Waals surface area contributed by atoms with E-state index < -0.39 is 0 Å². The fourth-order valence-corrected chi connectivity index (χ4v) is 2.57. The Morgan fingerprint density at radius 3 is 2.35 bits per heavy atom. The summed E-state index contributed by atoms with van der Waals surface area (Å²) < 4.78 is 10.4. The van der Waals surface area contributed by atoms with Crippen LogP contribution in [0.1, 0.15) is 29.8 Å². The number of hydrogen-bond donors (Lipinski definition) is 1. The van der Waals surface area contributed by atoms with Crippen LogP contribution in [0.5, 0.6) is 11.5 Å². The van der Waals surface area contributed by atoms with Gasteiger partial charge in [-0.25, -0.2) is 5.43 Å². The Morgan fingerprint density at radius 1 is 1.08 bits per heavy atom. The molecule has 138 valence electrons. The van der Waals surface area contributed by atoms with Crippen molar-refractivity contribution in [3.8, 4) is 11.5 Å². The van der Waals surface area contributed by atoms with Crippen molar-refractivity contribution in [2.45, 2.75) is 13.8 Å². The Labute approximate surface area is 154 Å². The minimum Gasteiger partial charge on any atom is -0.497 e. The van der Waals surface area contributed by atoms with Gasteiger partial charge in [0, 0.05) is 24.8 Å². The molecule has 1 amide bonds. The lowest BCUT2D eigenvalue weighted by molar-refractivity contribution is 0.0952. The Balaban J connectivity index is 2.03. The number of amides is 1. The Morgan fingerprint density at radius 2 is 1.77 bits per heavy atom. The zero-order chi connectivity index (χ0) is 18.9. The molecule has 6 heteroatoms. The van der Waals surface area contributed by atoms with Crippen LogP contribution >= 0.6 is 0 Å². The molecule has 26 heavy (non-hydrogen) atoms. The predicted molar refractivity (Wildman–Crippen MR) is 105 cm³/mol. The normalized spacial score (nSPS) is 10.6. The van der Waals surface area contributed by atoms with Gasteiger partial charge in [-0.1, -0.05) is 12.1 Å². The average molecular weight is 355 g/mol. The number of carbonyl (C=O) groups excluding carboxylic acids is 1. The molecule has 0 heterocycles. The number of hydrazone groups is 1. The summed E-state index contributed by atoms with van der Waals surface area (Å²) >= 11 is 0. The maximum atomic E-state index is 12.3. The molecule has 1 N–H and O–H groups in total. The Bertz CT molecular complexity index is 753. The van der Waals surface area contributed by atoms with E-state index in [4.69, 9.17) is 9.47 Å². The van der Waals surface area contributed by atoms with Crippen molar-refractivity contribution >= 4 is 17.8 Å². The van der Waals surface area contributed by atoms with Crippen LogP contribution in [-0.2, 0) is 0 Å². The Kier molecular flexibility index (Phi) is 7.02. The highest BCUT2D eigenvalue weighted by atomic mass is 16.5. The number of rotatable bonds is 8. The molecule has 0 atom stereocenters. The number of benzene rings is 2. The summed E-state index contributed by atoms with van der Waals surface area (Å²) in [5, 5.41) is 4.03. The maximum Gasteiger partial charge on any atom is 0.275 e. The van der Waals surface area contributed by atoms with E-state index in [2.05, 4.69) is 29.3 Å². The number of nitrogens with one attached hydrogen (secondary N) is 1. The third-order valence-corrected chi connectivity index (χ3v) is 4.05. The summed E-state index contributed by atoms with van der Waals surface area (Å²) in [7, 11) is 3.07. The minimum atomic E-state index is -0.347. The predicted octanol–water partition coefficient (Wildman–Crippen LogP) is 3.31. The van der Waals surface area contributed by atoms with Crippen molar-refractivity contribution in [2.75, 3.05) is 32.2 Å². The molecule has 6 nitrogen and oxygen atoms in total. The van der Waals surface area contributed by atoms with Crippen molar-refractivity contribution < 1.29 is 14.3 Å². The maximum absolute atomic E-state index is 12.3. The first-order valence-corrected chi connectivity index (χ1v) is 8.53. The average Bonchev–Trinajstić information content (AvgIpc) is 2.69. The van der Waals surface area contributed by atoms with E-state index in [-0.39, 0.29) is 5.91 Å². The number of methoxy groups -OCH3 is 2. The van der Waals surface area contributed by atoms with Crippen LogP contribution in [0.3, 0.4) is 0 Å². The Hall–Kier alpha value is -3.02. The van der Waals surface area contributed by atoms with E-state index in [9.17, 15) is 4.79 Å². The van der Waals surface area contributed by atoms with Crippen molar-refractivity contribution in [1.29, 1.82) is 0 Å². The van der Waals surface area contributed by atoms with E-state index in [0.29, 0.717) is 17.1 Å². The topological polar surface area (TPSA) is 63.2 Å². The lowest BCUT2D eigenvalue weighted by Gasteiger charge is -2.20. The largest absolute Gasteiger partial charge is 0.497 e. The number of hydrogen-bond acceptors (Lipinski definition) is 5. The molecule has 2 rings (SSSR count). The molecule has 0 aromatic heterocycles. The first-order chi connectivity index (χ1) is 12.6. The van der Waals surface area contributed by atoms with E-state index in [1.54, 1.807) is 31.5 Å². The molecule has 2 aromatic rings. The van der Waals surface area contributed by atoms with Gasteiger partial charge < -0.3 is 14.4 Å². The smallest absolute Gasteiger partial charge is 0.275 e. The van der Waals surface area contributed by atoms with Crippen molar-refractivity contribution in [3.63, 3.8) is 0 Å². The molecule has 0 unspecified atom stereocenters. The van der Waals surface area contributed by atoms with Crippen molar-refractivity contribution in [2.24, 2.45) is 5.10 Å². The zero-order valence-electron chi connectivity index (χ0n) is 15.7. The van der Waals surface area contributed by atoms with Gasteiger partial charge in [0.1, 0.15) is 11.5 Å². The third kappa shape index (κ3) is 4.75. The van der Waals surface area contributed by atoms with Gasteiger partial charge in [0.25, 0.3) is 5.91 Å². The molecule has 0 aliphatic heterocycles. The second kappa shape index (κ2) is 9.46. The fraction of sp³-hybridized carbons (Fsp3) is 0.300. The quantitative estimate of drug-likeness (QED) is 0.583. The lowest BCUT2D eigenvalue weighted by atomic mass is 10.2. The zero-order valence-corrected chi connectivity index (χ0v) is 15.7. The van der Waals surface area contributed by atoms with Gasteiger partial charge in [-0.3, -0.25) is 4.79 Å². The molecular formula is C20H25N3O3. The monoisotopic (exact) mass is 355 g/mol. The third-order valence-electron chi connectivity index (χ3n) is 4.05. The van der Waals surface area contributed by atoms with Crippen LogP contribution in [0.25, 0.3) is 0 Å². The number of ether oxygens (including phenoxy) is 2. The van der Waals surface area contributed by atoms with E-state index in [1.165, 1.54) is 12.8 Å². The molecule has 0 saturated heterocycles. The molecule has 0 bridgehead atoms. The van der Waals surface area contributed by atoms with E-state index >= 15 is 0 Å². The highest BCUT2D eigenvalue weighted by Crippen LogP contribution is 2.24. The van der Waals surface area contributed by atoms with Crippen LogP contribution in [0.15, 0.2) is 47.6 Å². The standard InChI is InChI=1S/C20H25N3O3/c1-5-23(6-2)16-9-7-15(8-10-16)14-21-22-20(24)18-12-11-17(25-3)13-19(18)26-4/h7-14H,5-6H2,1-4H3,(H,22,24)/b21-14-. The van der Waals surface area contributed by atoms with Crippen LogP contribution in [0, 0.1) is 0 Å². The summed E-state index contributed by atoms with van der Waals surface area (Å²) in [5.74, 6) is 0.705. The lowest BCUT2D eigenvalue weighted by Crippen LogP contribution is -2.21. The van der Waals surface area contributed by atoms with Crippen molar-refractivity contribution in [3.05, 3.63) is 53.6 Å². The second-order valence-electron chi connectivity index (χ2n) is 5.53. The van der Waals surface area contributed by atoms with Crippen molar-refractivity contribution in [1.82, 2.24) is 5.43 Å². The molecule has 0 fully saturated rings. The summed E-state index contributed by atoms with van der Waals surface area (Å²) in [5.41, 5.74) is 4.98. The molecule has 0 saturated carbocycles. The first-order valence-electron chi connectivity index (χ1n) is 8.53. The number of carbonyl (C=O) groups is 1. The highest BCUT2D eigenvalue weighted by Gasteiger charge is 2.12. The molecule has 0 aliphatic carbocycles. The molecule has 0 radical (unpaired) electrons. The summed E-state index contributed by atoms with van der Waals surface area (Å²) in [4.78, 5) is 14.5. The summed E-state index contributed by atoms with van der Waals surface area (Å²) in [6.07, 6.45) is 1.61. The van der Waals surface area contributed by atoms with Crippen LogP contribution in [-0.4, -0.2) is 39.4 Å². The van der Waals surface area contributed by atoms with Gasteiger partial charge in [-0.05, 0) is 43.7 Å². The van der Waals surface area contributed by atoms with Gasteiger partial charge in [-0.2, -0.15) is 5.10 Å². The minimum absolute atomic E-state index is 0.347.